The van der Waals surface area contributed by atoms with Crippen molar-refractivity contribution in [3.05, 3.63) is 0 Å². The first-order valence-corrected chi connectivity index (χ1v) is 4.57. The maximum atomic E-state index is 10.4. The summed E-state index contributed by atoms with van der Waals surface area (Å²) in [5.74, 6) is -0.653. The molecule has 0 radical (unpaired) electrons. The molecule has 1 rings (SSSR count). The van der Waals surface area contributed by atoms with Crippen LogP contribution in [0.15, 0.2) is 0 Å². The molecular weight excluding hydrogens is 206 g/mol. The van der Waals surface area contributed by atoms with E-state index in [2.05, 4.69) is 0 Å². The van der Waals surface area contributed by atoms with E-state index in [1.54, 1.807) is 0 Å². The fraction of sp³-hybridized carbons (Fsp3) is 0.875. The number of aliphatic hydroxyl groups is 3. The standard InChI is InChI=1S/C8H15NO6/c9-6(12)3-14-7-1-4(11)8(13)5(2-10)15-7/h4-5,7-8,10-11,13H,1-3H2,(H2,9,12)/t4-,5-,7+,8+/m1/s1. The van der Waals surface area contributed by atoms with Gasteiger partial charge < -0.3 is 30.5 Å². The van der Waals surface area contributed by atoms with Gasteiger partial charge in [-0.15, -0.1) is 0 Å². The Kier molecular flexibility index (Phi) is 4.43. The molecule has 0 saturated carbocycles. The van der Waals surface area contributed by atoms with Crippen LogP contribution in [0.25, 0.3) is 0 Å². The average molecular weight is 221 g/mol. The van der Waals surface area contributed by atoms with Crippen LogP contribution in [0.3, 0.4) is 0 Å². The van der Waals surface area contributed by atoms with Crippen molar-refractivity contribution in [2.75, 3.05) is 13.2 Å². The molecule has 0 aromatic rings. The molecule has 7 nitrogen and oxygen atoms in total. The van der Waals surface area contributed by atoms with Crippen molar-refractivity contribution in [3.8, 4) is 0 Å². The van der Waals surface area contributed by atoms with Crippen molar-refractivity contribution in [3.63, 3.8) is 0 Å². The summed E-state index contributed by atoms with van der Waals surface area (Å²) < 4.78 is 9.99. The Morgan fingerprint density at radius 1 is 1.53 bits per heavy atom. The maximum absolute atomic E-state index is 10.4. The van der Waals surface area contributed by atoms with Gasteiger partial charge in [-0.05, 0) is 0 Å². The van der Waals surface area contributed by atoms with E-state index in [1.165, 1.54) is 0 Å². The summed E-state index contributed by atoms with van der Waals surface area (Å²) in [6.45, 7) is -0.764. The van der Waals surface area contributed by atoms with Crippen molar-refractivity contribution >= 4 is 5.91 Å². The Labute approximate surface area is 86.4 Å². The second-order valence-electron chi connectivity index (χ2n) is 3.36. The van der Waals surface area contributed by atoms with E-state index >= 15 is 0 Å². The van der Waals surface area contributed by atoms with Crippen LogP contribution in [0, 0.1) is 0 Å². The molecule has 1 heterocycles. The van der Waals surface area contributed by atoms with Crippen molar-refractivity contribution in [1.82, 2.24) is 0 Å². The number of aliphatic hydroxyl groups excluding tert-OH is 3. The van der Waals surface area contributed by atoms with Crippen molar-refractivity contribution in [1.29, 1.82) is 0 Å². The molecule has 0 bridgehead atoms. The smallest absolute Gasteiger partial charge is 0.243 e. The third-order valence-corrected chi connectivity index (χ3v) is 2.13. The molecule has 0 aromatic carbocycles. The van der Waals surface area contributed by atoms with Crippen molar-refractivity contribution < 1.29 is 29.6 Å². The molecule has 0 aromatic heterocycles. The molecule has 88 valence electrons. The van der Waals surface area contributed by atoms with E-state index in [0.717, 1.165) is 0 Å². The summed E-state index contributed by atoms with van der Waals surface area (Å²) in [5, 5.41) is 27.6. The molecule has 7 heteroatoms. The van der Waals surface area contributed by atoms with E-state index < -0.39 is 37.1 Å². The summed E-state index contributed by atoms with van der Waals surface area (Å²) in [6.07, 6.45) is -3.91. The molecule has 4 atom stereocenters. The largest absolute Gasteiger partial charge is 0.394 e. The SMILES string of the molecule is NC(=O)CO[C@@H]1C[C@@H](O)[C@H](O)[C@@H](CO)O1. The highest BCUT2D eigenvalue weighted by Crippen LogP contribution is 2.20. The van der Waals surface area contributed by atoms with Crippen LogP contribution in [0.5, 0.6) is 0 Å². The van der Waals surface area contributed by atoms with Gasteiger partial charge in [-0.2, -0.15) is 0 Å². The number of rotatable bonds is 4. The molecule has 1 aliphatic rings. The number of carbonyl (C=O) groups is 1. The zero-order valence-corrected chi connectivity index (χ0v) is 8.07. The van der Waals surface area contributed by atoms with E-state index in [4.69, 9.17) is 20.3 Å². The molecule has 1 fully saturated rings. The zero-order chi connectivity index (χ0) is 11.4. The first-order chi connectivity index (χ1) is 7.04. The normalized spacial score (nSPS) is 36.5. The van der Waals surface area contributed by atoms with E-state index in [0.29, 0.717) is 0 Å². The summed E-state index contributed by atoms with van der Waals surface area (Å²) in [5.41, 5.74) is 4.86. The quantitative estimate of drug-likeness (QED) is 0.410. The number of carbonyl (C=O) groups excluding carboxylic acids is 1. The minimum atomic E-state index is -1.15. The number of primary amides is 1. The fourth-order valence-corrected chi connectivity index (χ4v) is 1.35. The highest BCUT2D eigenvalue weighted by molar-refractivity contribution is 5.74. The van der Waals surface area contributed by atoms with Crippen LogP contribution in [0.1, 0.15) is 6.42 Å². The van der Waals surface area contributed by atoms with E-state index in [9.17, 15) is 15.0 Å². The second kappa shape index (κ2) is 5.38. The van der Waals surface area contributed by atoms with Crippen LogP contribution >= 0.6 is 0 Å². The summed E-state index contributed by atoms with van der Waals surface area (Å²) in [7, 11) is 0. The highest BCUT2D eigenvalue weighted by atomic mass is 16.7. The van der Waals surface area contributed by atoms with Gasteiger partial charge in [-0.3, -0.25) is 4.79 Å². The lowest BCUT2D eigenvalue weighted by molar-refractivity contribution is -0.255. The first kappa shape index (κ1) is 12.3. The highest BCUT2D eigenvalue weighted by Gasteiger charge is 2.36. The Balaban J connectivity index is 2.44. The third kappa shape index (κ3) is 3.40. The monoisotopic (exact) mass is 221 g/mol. The Bertz CT molecular complexity index is 223. The molecule has 0 aliphatic carbocycles. The van der Waals surface area contributed by atoms with Crippen LogP contribution < -0.4 is 5.73 Å². The van der Waals surface area contributed by atoms with Gasteiger partial charge in [0.15, 0.2) is 6.29 Å². The minimum absolute atomic E-state index is 0.0327. The van der Waals surface area contributed by atoms with Gasteiger partial charge in [-0.25, -0.2) is 0 Å². The molecular formula is C8H15NO6. The predicted molar refractivity (Wildman–Crippen MR) is 47.5 cm³/mol. The number of hydrogen-bond acceptors (Lipinski definition) is 6. The molecule has 1 amide bonds. The first-order valence-electron chi connectivity index (χ1n) is 4.57. The molecule has 0 unspecified atom stereocenters. The number of amides is 1. The van der Waals surface area contributed by atoms with Gasteiger partial charge in [0.2, 0.25) is 5.91 Å². The van der Waals surface area contributed by atoms with Gasteiger partial charge in [0.05, 0.1) is 12.7 Å². The van der Waals surface area contributed by atoms with Crippen LogP contribution in [-0.2, 0) is 14.3 Å². The van der Waals surface area contributed by atoms with Crippen LogP contribution in [-0.4, -0.2) is 59.0 Å². The minimum Gasteiger partial charge on any atom is -0.394 e. The zero-order valence-electron chi connectivity index (χ0n) is 8.07. The van der Waals surface area contributed by atoms with E-state index in [1.807, 2.05) is 0 Å². The molecule has 1 aliphatic heterocycles. The van der Waals surface area contributed by atoms with Gasteiger partial charge in [0, 0.05) is 6.42 Å². The molecule has 5 N–H and O–H groups in total. The topological polar surface area (TPSA) is 122 Å². The lowest BCUT2D eigenvalue weighted by atomic mass is 10.0. The van der Waals surface area contributed by atoms with Gasteiger partial charge >= 0.3 is 0 Å². The lowest BCUT2D eigenvalue weighted by Gasteiger charge is -2.35. The lowest BCUT2D eigenvalue weighted by Crippen LogP contribution is -2.50. The second-order valence-corrected chi connectivity index (χ2v) is 3.36. The van der Waals surface area contributed by atoms with Crippen molar-refractivity contribution in [2.45, 2.75) is 31.0 Å². The molecule has 1 saturated heterocycles. The number of ether oxygens (including phenoxy) is 2. The van der Waals surface area contributed by atoms with Gasteiger partial charge in [-0.1, -0.05) is 0 Å². The van der Waals surface area contributed by atoms with Crippen LogP contribution in [0.4, 0.5) is 0 Å². The number of hydrogen-bond donors (Lipinski definition) is 4. The van der Waals surface area contributed by atoms with E-state index in [-0.39, 0.29) is 13.0 Å². The fourth-order valence-electron chi connectivity index (χ4n) is 1.35. The molecule has 0 spiro atoms. The Morgan fingerprint density at radius 2 is 2.20 bits per heavy atom. The van der Waals surface area contributed by atoms with Crippen molar-refractivity contribution in [2.24, 2.45) is 5.73 Å². The third-order valence-electron chi connectivity index (χ3n) is 2.13. The Morgan fingerprint density at radius 3 is 2.73 bits per heavy atom. The summed E-state index contributed by atoms with van der Waals surface area (Å²) in [6, 6.07) is 0. The number of nitrogens with two attached hydrogens (primary N) is 1. The van der Waals surface area contributed by atoms with Gasteiger partial charge in [0.1, 0.15) is 18.8 Å². The van der Waals surface area contributed by atoms with Gasteiger partial charge in [0.25, 0.3) is 0 Å². The average Bonchev–Trinajstić information content (AvgIpc) is 2.19. The molecule has 15 heavy (non-hydrogen) atoms. The predicted octanol–water partition coefficient (Wildman–Crippen LogP) is -2.68. The Hall–Kier alpha value is -0.730. The maximum Gasteiger partial charge on any atom is 0.243 e. The summed E-state index contributed by atoms with van der Waals surface area (Å²) in [4.78, 5) is 10.4. The van der Waals surface area contributed by atoms with Crippen LogP contribution in [0.2, 0.25) is 0 Å². The summed E-state index contributed by atoms with van der Waals surface area (Å²) >= 11 is 0.